The number of carbonyl (C=O) groups is 1. The van der Waals surface area contributed by atoms with Gasteiger partial charge in [-0.3, -0.25) is 4.79 Å². The summed E-state index contributed by atoms with van der Waals surface area (Å²) in [5.74, 6) is 2.37. The minimum Gasteiger partial charge on any atom is -0.466 e. The van der Waals surface area contributed by atoms with Crippen LogP contribution in [0.2, 0.25) is 0 Å². The van der Waals surface area contributed by atoms with Gasteiger partial charge in [0.2, 0.25) is 0 Å². The van der Waals surface area contributed by atoms with Crippen molar-refractivity contribution in [3.05, 3.63) is 23.2 Å². The van der Waals surface area contributed by atoms with E-state index < -0.39 is 0 Å². The monoisotopic (exact) mass is 283 g/mol. The predicted molar refractivity (Wildman–Crippen MR) is 76.8 cm³/mol. The molecule has 5 heteroatoms. The summed E-state index contributed by atoms with van der Waals surface area (Å²) >= 11 is 1.93. The van der Waals surface area contributed by atoms with E-state index in [0.717, 1.165) is 37.6 Å². The number of nitrogens with one attached hydrogen (secondary N) is 1. The van der Waals surface area contributed by atoms with Crippen molar-refractivity contribution in [1.29, 1.82) is 0 Å². The Morgan fingerprint density at radius 3 is 2.79 bits per heavy atom. The van der Waals surface area contributed by atoms with Crippen molar-refractivity contribution < 1.29 is 13.9 Å². The summed E-state index contributed by atoms with van der Waals surface area (Å²) in [6.45, 7) is 6.11. The lowest BCUT2D eigenvalue weighted by Crippen LogP contribution is -2.27. The fraction of sp³-hybridized carbons (Fsp3) is 0.643. The lowest BCUT2D eigenvalue weighted by Gasteiger charge is -2.21. The molecule has 4 nitrogen and oxygen atoms in total. The van der Waals surface area contributed by atoms with Crippen LogP contribution in [0.4, 0.5) is 0 Å². The molecule has 106 valence electrons. The molecule has 1 aliphatic heterocycles. The molecule has 19 heavy (non-hydrogen) atoms. The van der Waals surface area contributed by atoms with Crippen molar-refractivity contribution in [2.45, 2.75) is 31.9 Å². The first-order chi connectivity index (χ1) is 9.16. The summed E-state index contributed by atoms with van der Waals surface area (Å²) in [6.07, 6.45) is 2.25. The van der Waals surface area contributed by atoms with Gasteiger partial charge in [-0.05, 0) is 32.8 Å². The Hall–Kier alpha value is -0.940. The smallest absolute Gasteiger partial charge is 0.254 e. The molecule has 1 saturated heterocycles. The third kappa shape index (κ3) is 4.28. The fourth-order valence-corrected chi connectivity index (χ4v) is 3.26. The fourth-order valence-electron chi connectivity index (χ4n) is 2.18. The van der Waals surface area contributed by atoms with Crippen molar-refractivity contribution in [1.82, 2.24) is 5.32 Å². The molecule has 1 aromatic rings. The molecule has 0 spiro atoms. The summed E-state index contributed by atoms with van der Waals surface area (Å²) in [4.78, 5) is 11.9. The summed E-state index contributed by atoms with van der Waals surface area (Å²) < 4.78 is 10.7. The minimum atomic E-state index is -0.0399. The number of carbonyl (C=O) groups excluding carboxylic acids is 1. The van der Waals surface area contributed by atoms with Gasteiger partial charge in [-0.2, -0.15) is 11.8 Å². The molecule has 1 aliphatic rings. The van der Waals surface area contributed by atoms with Gasteiger partial charge in [0, 0.05) is 30.8 Å². The number of thioether (sulfide) groups is 1. The SMILES string of the molecule is Cc1cc(C(=O)NCCSC2CCOCC2)c(C)o1. The first-order valence-corrected chi connectivity index (χ1v) is 7.76. The second kappa shape index (κ2) is 7.01. The molecule has 1 N–H and O–H groups in total. The largest absolute Gasteiger partial charge is 0.466 e. The normalized spacial score (nSPS) is 16.5. The van der Waals surface area contributed by atoms with Gasteiger partial charge in [0.25, 0.3) is 5.91 Å². The van der Waals surface area contributed by atoms with Crippen LogP contribution in [0.5, 0.6) is 0 Å². The average Bonchev–Trinajstić information content (AvgIpc) is 2.75. The van der Waals surface area contributed by atoms with E-state index in [9.17, 15) is 4.79 Å². The lowest BCUT2D eigenvalue weighted by atomic mass is 10.2. The van der Waals surface area contributed by atoms with Gasteiger partial charge in [0.1, 0.15) is 11.5 Å². The van der Waals surface area contributed by atoms with Crippen LogP contribution in [0, 0.1) is 13.8 Å². The predicted octanol–water partition coefficient (Wildman–Crippen LogP) is 2.54. The second-order valence-electron chi connectivity index (χ2n) is 4.77. The Kier molecular flexibility index (Phi) is 5.34. The van der Waals surface area contributed by atoms with Gasteiger partial charge in [-0.15, -0.1) is 0 Å². The molecule has 0 bridgehead atoms. The maximum absolute atomic E-state index is 11.9. The molecule has 0 radical (unpaired) electrons. The number of furan rings is 1. The minimum absolute atomic E-state index is 0.0399. The highest BCUT2D eigenvalue weighted by atomic mass is 32.2. The number of ether oxygens (including phenoxy) is 1. The summed E-state index contributed by atoms with van der Waals surface area (Å²) in [5, 5.41) is 3.63. The van der Waals surface area contributed by atoms with Crippen LogP contribution in [0.1, 0.15) is 34.7 Å². The third-order valence-corrected chi connectivity index (χ3v) is 4.58. The highest BCUT2D eigenvalue weighted by Crippen LogP contribution is 2.21. The van der Waals surface area contributed by atoms with Crippen LogP contribution in [-0.4, -0.2) is 36.7 Å². The van der Waals surface area contributed by atoms with E-state index in [-0.39, 0.29) is 5.91 Å². The maximum Gasteiger partial charge on any atom is 0.254 e. The van der Waals surface area contributed by atoms with Crippen LogP contribution in [-0.2, 0) is 4.74 Å². The van der Waals surface area contributed by atoms with E-state index in [4.69, 9.17) is 9.15 Å². The molecule has 0 aliphatic carbocycles. The zero-order valence-electron chi connectivity index (χ0n) is 11.5. The van der Waals surface area contributed by atoms with Crippen molar-refractivity contribution in [3.63, 3.8) is 0 Å². The van der Waals surface area contributed by atoms with Crippen molar-refractivity contribution >= 4 is 17.7 Å². The number of hydrogen-bond donors (Lipinski definition) is 1. The van der Waals surface area contributed by atoms with Crippen LogP contribution < -0.4 is 5.32 Å². The topological polar surface area (TPSA) is 51.5 Å². The van der Waals surface area contributed by atoms with Gasteiger partial charge in [0.15, 0.2) is 0 Å². The molecule has 0 aromatic carbocycles. The highest BCUT2D eigenvalue weighted by Gasteiger charge is 2.15. The van der Waals surface area contributed by atoms with Crippen molar-refractivity contribution in [2.75, 3.05) is 25.5 Å². The molecule has 0 saturated carbocycles. The molecule has 0 unspecified atom stereocenters. The summed E-state index contributed by atoms with van der Waals surface area (Å²) in [6, 6.07) is 1.79. The molecular formula is C14H21NO3S. The molecule has 2 rings (SSSR count). The third-order valence-electron chi connectivity index (χ3n) is 3.20. The molecule has 1 fully saturated rings. The Labute approximate surface area is 118 Å². The molecule has 1 aromatic heterocycles. The van der Waals surface area contributed by atoms with E-state index in [1.54, 1.807) is 6.07 Å². The highest BCUT2D eigenvalue weighted by molar-refractivity contribution is 7.99. The van der Waals surface area contributed by atoms with E-state index in [2.05, 4.69) is 5.32 Å². The summed E-state index contributed by atoms with van der Waals surface area (Å²) in [7, 11) is 0. The Bertz CT molecular complexity index is 424. The Morgan fingerprint density at radius 2 is 2.16 bits per heavy atom. The Morgan fingerprint density at radius 1 is 1.42 bits per heavy atom. The van der Waals surface area contributed by atoms with E-state index in [1.807, 2.05) is 25.6 Å². The van der Waals surface area contributed by atoms with Crippen molar-refractivity contribution in [2.24, 2.45) is 0 Å². The molecule has 2 heterocycles. The van der Waals surface area contributed by atoms with Gasteiger partial charge in [-0.1, -0.05) is 0 Å². The van der Waals surface area contributed by atoms with Crippen molar-refractivity contribution in [3.8, 4) is 0 Å². The Balaban J connectivity index is 1.67. The van der Waals surface area contributed by atoms with E-state index in [1.165, 1.54) is 0 Å². The standard InChI is InChI=1S/C14H21NO3S/c1-10-9-13(11(2)18-10)14(16)15-5-8-19-12-3-6-17-7-4-12/h9,12H,3-8H2,1-2H3,(H,15,16). The molecular weight excluding hydrogens is 262 g/mol. The number of rotatable bonds is 5. The van der Waals surface area contributed by atoms with E-state index >= 15 is 0 Å². The van der Waals surface area contributed by atoms with Crippen LogP contribution in [0.3, 0.4) is 0 Å². The lowest BCUT2D eigenvalue weighted by molar-refractivity contribution is 0.0953. The van der Waals surface area contributed by atoms with Crippen LogP contribution in [0.25, 0.3) is 0 Å². The number of hydrogen-bond acceptors (Lipinski definition) is 4. The van der Waals surface area contributed by atoms with Gasteiger partial charge < -0.3 is 14.5 Å². The number of amides is 1. The van der Waals surface area contributed by atoms with Crippen LogP contribution >= 0.6 is 11.8 Å². The number of aryl methyl sites for hydroxylation is 2. The molecule has 0 atom stereocenters. The van der Waals surface area contributed by atoms with Gasteiger partial charge in [0.05, 0.1) is 5.56 Å². The first kappa shape index (κ1) is 14.5. The van der Waals surface area contributed by atoms with Gasteiger partial charge >= 0.3 is 0 Å². The van der Waals surface area contributed by atoms with Crippen LogP contribution in [0.15, 0.2) is 10.5 Å². The van der Waals surface area contributed by atoms with E-state index in [0.29, 0.717) is 23.1 Å². The summed E-state index contributed by atoms with van der Waals surface area (Å²) in [5.41, 5.74) is 0.647. The first-order valence-electron chi connectivity index (χ1n) is 6.71. The van der Waals surface area contributed by atoms with Gasteiger partial charge in [-0.25, -0.2) is 0 Å². The zero-order chi connectivity index (χ0) is 13.7. The second-order valence-corrected chi connectivity index (χ2v) is 6.17. The average molecular weight is 283 g/mol. The molecule has 1 amide bonds. The maximum atomic E-state index is 11.9. The quantitative estimate of drug-likeness (QED) is 0.844. The zero-order valence-corrected chi connectivity index (χ0v) is 12.3.